The van der Waals surface area contributed by atoms with E-state index < -0.39 is 17.8 Å². The van der Waals surface area contributed by atoms with Crippen molar-refractivity contribution < 1.29 is 22.3 Å². The number of alkyl halides is 3. The van der Waals surface area contributed by atoms with E-state index in [0.29, 0.717) is 22.0 Å². The number of hydrogen-bond donors (Lipinski definition) is 0. The minimum Gasteiger partial charge on any atom is -0.483 e. The van der Waals surface area contributed by atoms with E-state index in [1.807, 2.05) is 0 Å². The number of ether oxygens (including phenoxy) is 1. The lowest BCUT2D eigenvalue weighted by molar-refractivity contribution is -0.146. The maximum atomic E-state index is 13.8. The van der Waals surface area contributed by atoms with Gasteiger partial charge in [0.2, 0.25) is 0 Å². The van der Waals surface area contributed by atoms with Gasteiger partial charge >= 0.3 is 6.18 Å². The molecule has 0 atom stereocenters. The number of rotatable bonds is 7. The van der Waals surface area contributed by atoms with E-state index in [-0.39, 0.29) is 23.0 Å². The van der Waals surface area contributed by atoms with Gasteiger partial charge in [0.05, 0.1) is 0 Å². The second-order valence-corrected chi connectivity index (χ2v) is 7.07. The van der Waals surface area contributed by atoms with Crippen molar-refractivity contribution in [1.82, 2.24) is 34.6 Å². The molecule has 0 aliphatic heterocycles. The van der Waals surface area contributed by atoms with Crippen molar-refractivity contribution in [3.8, 4) is 5.75 Å². The van der Waals surface area contributed by atoms with Gasteiger partial charge in [-0.1, -0.05) is 18.2 Å². The predicted octanol–water partition coefficient (Wildman–Crippen LogP) is 3.79. The minimum atomic E-state index is -4.70. The number of hydrogen-bond acceptors (Lipinski definition) is 7. The molecule has 0 radical (unpaired) electrons. The van der Waals surface area contributed by atoms with Crippen molar-refractivity contribution >= 4 is 17.4 Å². The fourth-order valence-electron chi connectivity index (χ4n) is 2.61. The van der Waals surface area contributed by atoms with Gasteiger partial charge in [0.1, 0.15) is 11.6 Å². The monoisotopic (exact) mass is 451 g/mol. The zero-order valence-electron chi connectivity index (χ0n) is 15.6. The topological polar surface area (TPSA) is 83.0 Å². The van der Waals surface area contributed by atoms with Gasteiger partial charge in [-0.15, -0.1) is 27.0 Å². The Morgan fingerprint density at radius 2 is 1.87 bits per heavy atom. The van der Waals surface area contributed by atoms with Crippen LogP contribution in [0.1, 0.15) is 11.6 Å². The van der Waals surface area contributed by atoms with Gasteiger partial charge in [-0.25, -0.2) is 4.39 Å². The van der Waals surface area contributed by atoms with E-state index in [1.54, 1.807) is 22.8 Å². The van der Waals surface area contributed by atoms with Crippen molar-refractivity contribution in [3.63, 3.8) is 0 Å². The minimum absolute atomic E-state index is 0.0387. The molecule has 160 valence electrons. The molecule has 0 N–H and O–H groups in total. The number of benzene rings is 1. The first kappa shape index (κ1) is 20.8. The number of nitrogens with zero attached hydrogens (tertiary/aromatic N) is 7. The number of para-hydroxylation sites is 1. The van der Waals surface area contributed by atoms with E-state index in [2.05, 4.69) is 32.1 Å². The molecule has 3 aromatic heterocycles. The first-order valence-electron chi connectivity index (χ1n) is 8.74. The normalized spacial score (nSPS) is 11.7. The highest BCUT2D eigenvalue weighted by Crippen LogP contribution is 2.30. The summed E-state index contributed by atoms with van der Waals surface area (Å²) in [5.41, 5.74) is -0.0387. The van der Waals surface area contributed by atoms with Gasteiger partial charge in [-0.05, 0) is 36.0 Å². The molecule has 0 fully saturated rings. The molecule has 4 rings (SSSR count). The first-order chi connectivity index (χ1) is 14.9. The molecule has 0 bridgehead atoms. The highest BCUT2D eigenvalue weighted by molar-refractivity contribution is 7.99. The summed E-state index contributed by atoms with van der Waals surface area (Å²) < 4.78 is 60.7. The Bertz CT molecular complexity index is 1240. The molecule has 8 nitrogen and oxygen atoms in total. The third-order valence-corrected chi connectivity index (χ3v) is 4.90. The lowest BCUT2D eigenvalue weighted by Gasteiger charge is -2.09. The third kappa shape index (κ3) is 4.35. The second-order valence-electron chi connectivity index (χ2n) is 6.08. The van der Waals surface area contributed by atoms with Crippen molar-refractivity contribution in [3.05, 3.63) is 66.5 Å². The number of halogens is 4. The Kier molecular flexibility index (Phi) is 5.59. The number of aromatic nitrogens is 7. The van der Waals surface area contributed by atoms with Gasteiger partial charge in [0, 0.05) is 6.54 Å². The SMILES string of the molecule is C=CCn1c(COc2ccccc2F)nnc1Sc1ccc2nnc(C(F)(F)F)n2n1. The molecule has 0 aliphatic rings. The highest BCUT2D eigenvalue weighted by Gasteiger charge is 2.37. The van der Waals surface area contributed by atoms with Crippen molar-refractivity contribution in [1.29, 1.82) is 0 Å². The Labute approximate surface area is 176 Å². The zero-order chi connectivity index (χ0) is 22.0. The molecule has 0 amide bonds. The van der Waals surface area contributed by atoms with E-state index in [9.17, 15) is 17.6 Å². The van der Waals surface area contributed by atoms with Crippen molar-refractivity contribution in [2.24, 2.45) is 0 Å². The van der Waals surface area contributed by atoms with Gasteiger partial charge in [-0.3, -0.25) is 4.57 Å². The number of allylic oxidation sites excluding steroid dienone is 1. The second kappa shape index (κ2) is 8.34. The molecule has 13 heteroatoms. The Balaban J connectivity index is 1.60. The van der Waals surface area contributed by atoms with Gasteiger partial charge in [-0.2, -0.15) is 22.8 Å². The lowest BCUT2D eigenvalue weighted by Crippen LogP contribution is -2.12. The van der Waals surface area contributed by atoms with Crippen LogP contribution in [-0.2, 0) is 19.3 Å². The van der Waals surface area contributed by atoms with E-state index >= 15 is 0 Å². The summed E-state index contributed by atoms with van der Waals surface area (Å²) in [5.74, 6) is -1.30. The van der Waals surface area contributed by atoms with Gasteiger partial charge < -0.3 is 4.74 Å². The van der Waals surface area contributed by atoms with Gasteiger partial charge in [0.15, 0.2) is 28.2 Å². The molecule has 31 heavy (non-hydrogen) atoms. The summed E-state index contributed by atoms with van der Waals surface area (Å²) in [6.45, 7) is 3.91. The lowest BCUT2D eigenvalue weighted by atomic mass is 10.3. The summed E-state index contributed by atoms with van der Waals surface area (Å²) in [7, 11) is 0. The van der Waals surface area contributed by atoms with Crippen LogP contribution in [0.4, 0.5) is 17.6 Å². The van der Waals surface area contributed by atoms with Crippen LogP contribution in [0, 0.1) is 5.82 Å². The quantitative estimate of drug-likeness (QED) is 0.312. The fraction of sp³-hybridized carbons (Fsp3) is 0.167. The van der Waals surface area contributed by atoms with E-state index in [0.717, 1.165) is 11.8 Å². The van der Waals surface area contributed by atoms with E-state index in [4.69, 9.17) is 4.74 Å². The van der Waals surface area contributed by atoms with E-state index in [1.165, 1.54) is 24.3 Å². The zero-order valence-corrected chi connectivity index (χ0v) is 16.4. The van der Waals surface area contributed by atoms with Crippen LogP contribution in [0.15, 0.2) is 59.2 Å². The van der Waals surface area contributed by atoms with Crippen LogP contribution < -0.4 is 4.74 Å². The average Bonchev–Trinajstić information content (AvgIpc) is 3.32. The Morgan fingerprint density at radius 3 is 2.61 bits per heavy atom. The standard InChI is InChI=1S/C18H13F4N7OS/c1-2-9-28-14(10-30-12-6-4-3-5-11(12)19)24-26-17(28)31-15-8-7-13-23-25-16(18(20,21)22)29(13)27-15/h2-8H,1,9-10H2. The molecule has 4 aromatic rings. The van der Waals surface area contributed by atoms with Crippen LogP contribution in [0.25, 0.3) is 5.65 Å². The first-order valence-corrected chi connectivity index (χ1v) is 9.56. The average molecular weight is 451 g/mol. The van der Waals surface area contributed by atoms with Crippen LogP contribution in [0.5, 0.6) is 5.75 Å². The van der Waals surface area contributed by atoms with Crippen LogP contribution in [0.3, 0.4) is 0 Å². The molecule has 0 saturated carbocycles. The highest BCUT2D eigenvalue weighted by atomic mass is 32.2. The molecule has 1 aromatic carbocycles. The molecule has 0 unspecified atom stereocenters. The van der Waals surface area contributed by atoms with Crippen LogP contribution in [0.2, 0.25) is 0 Å². The largest absolute Gasteiger partial charge is 0.483 e. The Morgan fingerprint density at radius 1 is 1.06 bits per heavy atom. The summed E-state index contributed by atoms with van der Waals surface area (Å²) in [6.07, 6.45) is -3.10. The summed E-state index contributed by atoms with van der Waals surface area (Å²) in [5, 5.41) is 19.2. The molecule has 0 aliphatic carbocycles. The summed E-state index contributed by atoms with van der Waals surface area (Å²) >= 11 is 0.994. The number of fused-ring (bicyclic) bond motifs is 1. The smallest absolute Gasteiger partial charge is 0.453 e. The maximum Gasteiger partial charge on any atom is 0.453 e. The Hall–Kier alpha value is -3.48. The molecular formula is C18H13F4N7OS. The summed E-state index contributed by atoms with van der Waals surface area (Å²) in [4.78, 5) is 0. The fourth-order valence-corrected chi connectivity index (χ4v) is 3.43. The van der Waals surface area contributed by atoms with Crippen LogP contribution >= 0.6 is 11.8 Å². The van der Waals surface area contributed by atoms with Crippen LogP contribution in [-0.4, -0.2) is 34.6 Å². The van der Waals surface area contributed by atoms with Crippen molar-refractivity contribution in [2.45, 2.75) is 29.5 Å². The summed E-state index contributed by atoms with van der Waals surface area (Å²) in [6, 6.07) is 8.80. The molecular weight excluding hydrogens is 438 g/mol. The molecule has 0 spiro atoms. The third-order valence-electron chi connectivity index (χ3n) is 3.99. The molecule has 0 saturated heterocycles. The maximum absolute atomic E-state index is 13.8. The van der Waals surface area contributed by atoms with Crippen molar-refractivity contribution in [2.75, 3.05) is 0 Å². The predicted molar refractivity (Wildman–Crippen MR) is 101 cm³/mol. The molecule has 3 heterocycles. The van der Waals surface area contributed by atoms with Gasteiger partial charge in [0.25, 0.3) is 5.82 Å².